The molecule has 2 aromatic rings. The van der Waals surface area contributed by atoms with Crippen LogP contribution in [0.4, 0.5) is 5.69 Å². The minimum absolute atomic E-state index is 0.182. The molecule has 110 valence electrons. The minimum atomic E-state index is -0.182. The molecule has 0 saturated carbocycles. The van der Waals surface area contributed by atoms with E-state index in [0.29, 0.717) is 21.3 Å². The summed E-state index contributed by atoms with van der Waals surface area (Å²) in [6.45, 7) is 2.11. The lowest BCUT2D eigenvalue weighted by molar-refractivity contribution is 0.102. The van der Waals surface area contributed by atoms with Gasteiger partial charge in [0, 0.05) is 4.90 Å². The minimum Gasteiger partial charge on any atom is -0.321 e. The summed E-state index contributed by atoms with van der Waals surface area (Å²) < 4.78 is 0. The molecule has 0 heterocycles. The van der Waals surface area contributed by atoms with E-state index >= 15 is 0 Å². The standard InChI is InChI=1S/C16H15Cl2NOS/c1-2-10-21-14-9-4-3-6-11(14)16(20)19-13-8-5-7-12(17)15(13)18/h3-9H,2,10H2,1H3,(H,19,20). The van der Waals surface area contributed by atoms with E-state index in [1.165, 1.54) is 0 Å². The second-order valence-corrected chi connectivity index (χ2v) is 6.32. The van der Waals surface area contributed by atoms with Crippen molar-refractivity contribution in [1.82, 2.24) is 0 Å². The number of anilines is 1. The van der Waals surface area contributed by atoms with Gasteiger partial charge in [-0.15, -0.1) is 11.8 Å². The molecule has 0 saturated heterocycles. The first-order valence-electron chi connectivity index (χ1n) is 6.60. The SMILES string of the molecule is CCCSc1ccccc1C(=O)Nc1cccc(Cl)c1Cl. The molecule has 2 nitrogen and oxygen atoms in total. The summed E-state index contributed by atoms with van der Waals surface area (Å²) in [7, 11) is 0. The van der Waals surface area contributed by atoms with Crippen LogP contribution in [0.2, 0.25) is 10.0 Å². The number of hydrogen-bond donors (Lipinski definition) is 1. The maximum Gasteiger partial charge on any atom is 0.256 e. The Kier molecular flexibility index (Phi) is 5.97. The normalized spacial score (nSPS) is 10.4. The van der Waals surface area contributed by atoms with Crippen LogP contribution in [0.5, 0.6) is 0 Å². The van der Waals surface area contributed by atoms with Gasteiger partial charge in [-0.2, -0.15) is 0 Å². The zero-order chi connectivity index (χ0) is 15.2. The van der Waals surface area contributed by atoms with E-state index in [4.69, 9.17) is 23.2 Å². The number of carbonyl (C=O) groups excluding carboxylic acids is 1. The number of nitrogens with one attached hydrogen (secondary N) is 1. The molecular weight excluding hydrogens is 325 g/mol. The smallest absolute Gasteiger partial charge is 0.256 e. The summed E-state index contributed by atoms with van der Waals surface area (Å²) in [4.78, 5) is 13.4. The molecule has 0 unspecified atom stereocenters. The molecule has 1 N–H and O–H groups in total. The summed E-state index contributed by atoms with van der Waals surface area (Å²) in [5.74, 6) is 0.792. The summed E-state index contributed by atoms with van der Waals surface area (Å²) in [5.41, 5.74) is 1.16. The van der Waals surface area contributed by atoms with Crippen molar-refractivity contribution in [1.29, 1.82) is 0 Å². The maximum absolute atomic E-state index is 12.4. The zero-order valence-corrected chi connectivity index (χ0v) is 13.9. The molecule has 0 aliphatic heterocycles. The van der Waals surface area contributed by atoms with Gasteiger partial charge in [0.15, 0.2) is 0 Å². The van der Waals surface area contributed by atoms with E-state index < -0.39 is 0 Å². The number of amides is 1. The Morgan fingerprint density at radius 3 is 2.67 bits per heavy atom. The highest BCUT2D eigenvalue weighted by Gasteiger charge is 2.13. The van der Waals surface area contributed by atoms with Crippen LogP contribution < -0.4 is 5.32 Å². The van der Waals surface area contributed by atoms with Gasteiger partial charge in [0.25, 0.3) is 5.91 Å². The summed E-state index contributed by atoms with van der Waals surface area (Å²) in [6, 6.07) is 12.7. The molecule has 0 aromatic heterocycles. The van der Waals surface area contributed by atoms with E-state index in [9.17, 15) is 4.79 Å². The molecule has 1 amide bonds. The van der Waals surface area contributed by atoms with Gasteiger partial charge < -0.3 is 5.32 Å². The van der Waals surface area contributed by atoms with Gasteiger partial charge in [-0.3, -0.25) is 4.79 Å². The summed E-state index contributed by atoms with van der Waals surface area (Å²) in [5, 5.41) is 3.59. The van der Waals surface area contributed by atoms with Crippen LogP contribution >= 0.6 is 35.0 Å². The van der Waals surface area contributed by atoms with Crippen molar-refractivity contribution in [3.63, 3.8) is 0 Å². The van der Waals surface area contributed by atoms with Crippen LogP contribution in [0.25, 0.3) is 0 Å². The monoisotopic (exact) mass is 339 g/mol. The average molecular weight is 340 g/mol. The zero-order valence-electron chi connectivity index (χ0n) is 11.5. The van der Waals surface area contributed by atoms with Crippen LogP contribution in [-0.4, -0.2) is 11.7 Å². The van der Waals surface area contributed by atoms with E-state index in [-0.39, 0.29) is 5.91 Å². The molecule has 2 aromatic carbocycles. The van der Waals surface area contributed by atoms with E-state index in [2.05, 4.69) is 12.2 Å². The van der Waals surface area contributed by atoms with Crippen molar-refractivity contribution in [2.75, 3.05) is 11.1 Å². The molecule has 0 fully saturated rings. The summed E-state index contributed by atoms with van der Waals surface area (Å²) in [6.07, 6.45) is 1.06. The van der Waals surface area contributed by atoms with Crippen LogP contribution in [0.3, 0.4) is 0 Å². The van der Waals surface area contributed by atoms with Gasteiger partial charge in [-0.1, -0.05) is 48.3 Å². The molecule has 21 heavy (non-hydrogen) atoms. The molecule has 5 heteroatoms. The van der Waals surface area contributed by atoms with Crippen molar-refractivity contribution in [3.8, 4) is 0 Å². The van der Waals surface area contributed by atoms with Gasteiger partial charge in [-0.25, -0.2) is 0 Å². The largest absolute Gasteiger partial charge is 0.321 e. The number of thioether (sulfide) groups is 1. The lowest BCUT2D eigenvalue weighted by atomic mass is 10.2. The van der Waals surface area contributed by atoms with Gasteiger partial charge in [0.2, 0.25) is 0 Å². The highest BCUT2D eigenvalue weighted by molar-refractivity contribution is 7.99. The molecule has 0 spiro atoms. The van der Waals surface area contributed by atoms with Gasteiger partial charge in [0.1, 0.15) is 0 Å². The predicted octanol–water partition coefficient (Wildman–Crippen LogP) is 5.75. The molecule has 0 aliphatic carbocycles. The number of hydrogen-bond acceptors (Lipinski definition) is 2. The Labute approximate surface area is 138 Å². The second-order valence-electron chi connectivity index (χ2n) is 4.40. The summed E-state index contributed by atoms with van der Waals surface area (Å²) >= 11 is 13.7. The van der Waals surface area contributed by atoms with Crippen LogP contribution in [-0.2, 0) is 0 Å². The molecule has 0 atom stereocenters. The molecule has 2 rings (SSSR count). The fourth-order valence-electron chi connectivity index (χ4n) is 1.78. The Morgan fingerprint density at radius 1 is 1.14 bits per heavy atom. The van der Waals surface area contributed by atoms with Crippen molar-refractivity contribution in [3.05, 3.63) is 58.1 Å². The Hall–Kier alpha value is -1.16. The fraction of sp³-hybridized carbons (Fsp3) is 0.188. The van der Waals surface area contributed by atoms with E-state index in [1.807, 2.05) is 24.3 Å². The van der Waals surface area contributed by atoms with Gasteiger partial charge in [-0.05, 0) is 36.4 Å². The second kappa shape index (κ2) is 7.74. The number of carbonyl (C=O) groups is 1. The third-order valence-corrected chi connectivity index (χ3v) is 4.89. The Balaban J connectivity index is 2.22. The van der Waals surface area contributed by atoms with Crippen molar-refractivity contribution >= 4 is 46.6 Å². The molecule has 0 bridgehead atoms. The Bertz CT molecular complexity index is 646. The Morgan fingerprint density at radius 2 is 1.90 bits per heavy atom. The van der Waals surface area contributed by atoms with Crippen LogP contribution in [0.15, 0.2) is 47.4 Å². The van der Waals surface area contributed by atoms with E-state index in [1.54, 1.807) is 30.0 Å². The van der Waals surface area contributed by atoms with Crippen LogP contribution in [0.1, 0.15) is 23.7 Å². The first-order valence-corrected chi connectivity index (χ1v) is 8.34. The first kappa shape index (κ1) is 16.2. The number of benzene rings is 2. The third kappa shape index (κ3) is 4.16. The van der Waals surface area contributed by atoms with Crippen molar-refractivity contribution in [2.24, 2.45) is 0 Å². The first-order chi connectivity index (χ1) is 10.1. The predicted molar refractivity (Wildman–Crippen MR) is 91.9 cm³/mol. The molecular formula is C16H15Cl2NOS. The maximum atomic E-state index is 12.4. The van der Waals surface area contributed by atoms with Gasteiger partial charge in [0.05, 0.1) is 21.3 Å². The topological polar surface area (TPSA) is 29.1 Å². The lowest BCUT2D eigenvalue weighted by Gasteiger charge is -2.11. The highest BCUT2D eigenvalue weighted by atomic mass is 35.5. The quantitative estimate of drug-likeness (QED) is 0.703. The molecule has 0 aliphatic rings. The van der Waals surface area contributed by atoms with Gasteiger partial charge >= 0.3 is 0 Å². The number of halogens is 2. The van der Waals surface area contributed by atoms with Crippen molar-refractivity contribution < 1.29 is 4.79 Å². The lowest BCUT2D eigenvalue weighted by Crippen LogP contribution is -2.13. The number of rotatable bonds is 5. The van der Waals surface area contributed by atoms with Crippen molar-refractivity contribution in [2.45, 2.75) is 18.2 Å². The molecule has 0 radical (unpaired) electrons. The highest BCUT2D eigenvalue weighted by Crippen LogP contribution is 2.30. The fourth-order valence-corrected chi connectivity index (χ4v) is 3.04. The average Bonchev–Trinajstić information content (AvgIpc) is 2.50. The van der Waals surface area contributed by atoms with Crippen LogP contribution in [0, 0.1) is 0 Å². The third-order valence-electron chi connectivity index (χ3n) is 2.79. The van der Waals surface area contributed by atoms with E-state index in [0.717, 1.165) is 17.1 Å².